The Kier molecular flexibility index (Phi) is 5.14. The van der Waals surface area contributed by atoms with Gasteiger partial charge >= 0.3 is 0 Å². The Hall–Kier alpha value is -2.67. The number of carbonyl (C=O) groups is 2. The summed E-state index contributed by atoms with van der Waals surface area (Å²) in [6, 6.07) is 22.4. The van der Waals surface area contributed by atoms with Crippen LogP contribution in [0.1, 0.15) is 20.7 Å². The van der Waals surface area contributed by atoms with E-state index in [0.717, 1.165) is 14.7 Å². The predicted molar refractivity (Wildman–Crippen MR) is 108 cm³/mol. The molecule has 0 saturated heterocycles. The summed E-state index contributed by atoms with van der Waals surface area (Å²) in [6.45, 7) is 0. The van der Waals surface area contributed by atoms with Gasteiger partial charge in [-0.05, 0) is 64.0 Å². The van der Waals surface area contributed by atoms with E-state index in [9.17, 15) is 9.59 Å². The van der Waals surface area contributed by atoms with Gasteiger partial charge in [0.2, 0.25) is 0 Å². The number of hydrogen-bond donors (Lipinski definition) is 2. The molecule has 0 aliphatic carbocycles. The van der Waals surface area contributed by atoms with E-state index in [0.29, 0.717) is 16.8 Å². The lowest BCUT2D eigenvalue weighted by atomic mass is 10.0. The van der Waals surface area contributed by atoms with Crippen LogP contribution in [0.2, 0.25) is 0 Å². The van der Waals surface area contributed by atoms with Crippen molar-refractivity contribution in [3.8, 4) is 11.1 Å². The molecule has 0 spiro atoms. The highest BCUT2D eigenvalue weighted by atomic mass is 127. The van der Waals surface area contributed by atoms with E-state index in [1.165, 1.54) is 0 Å². The fraction of sp³-hybridized carbons (Fsp3) is 0. The largest absolute Gasteiger partial charge is 0.366 e. The third kappa shape index (κ3) is 4.06. The molecule has 5 heteroatoms. The molecule has 124 valence electrons. The minimum atomic E-state index is -0.576. The van der Waals surface area contributed by atoms with E-state index in [-0.39, 0.29) is 5.91 Å². The summed E-state index contributed by atoms with van der Waals surface area (Å²) in [5.41, 5.74) is 8.71. The number of amides is 2. The first kappa shape index (κ1) is 17.2. The van der Waals surface area contributed by atoms with Crippen LogP contribution in [0.3, 0.4) is 0 Å². The van der Waals surface area contributed by atoms with Crippen LogP contribution < -0.4 is 11.1 Å². The number of hydrogen-bond acceptors (Lipinski definition) is 2. The highest BCUT2D eigenvalue weighted by Crippen LogP contribution is 2.22. The Morgan fingerprint density at radius 3 is 2.12 bits per heavy atom. The Labute approximate surface area is 159 Å². The summed E-state index contributed by atoms with van der Waals surface area (Å²) in [5.74, 6) is -0.864. The summed E-state index contributed by atoms with van der Waals surface area (Å²) >= 11 is 2.09. The first-order valence-corrected chi connectivity index (χ1v) is 8.68. The highest BCUT2D eigenvalue weighted by Gasteiger charge is 2.13. The van der Waals surface area contributed by atoms with E-state index >= 15 is 0 Å². The van der Waals surface area contributed by atoms with E-state index in [1.807, 2.05) is 42.5 Å². The molecular weight excluding hydrogens is 427 g/mol. The normalized spacial score (nSPS) is 10.3. The fourth-order valence-electron chi connectivity index (χ4n) is 2.47. The van der Waals surface area contributed by atoms with Gasteiger partial charge in [0.05, 0.1) is 11.3 Å². The molecule has 0 aliphatic heterocycles. The second-order valence-electron chi connectivity index (χ2n) is 5.45. The van der Waals surface area contributed by atoms with Gasteiger partial charge in [0.25, 0.3) is 11.8 Å². The number of carbonyl (C=O) groups excluding carboxylic acids is 2. The monoisotopic (exact) mass is 442 g/mol. The molecule has 0 bridgehead atoms. The molecule has 3 aromatic rings. The minimum absolute atomic E-state index is 0.289. The van der Waals surface area contributed by atoms with Gasteiger partial charge in [-0.1, -0.05) is 42.5 Å². The first-order chi connectivity index (χ1) is 12.0. The van der Waals surface area contributed by atoms with Crippen molar-refractivity contribution in [2.45, 2.75) is 0 Å². The van der Waals surface area contributed by atoms with Crippen molar-refractivity contribution in [3.63, 3.8) is 0 Å². The van der Waals surface area contributed by atoms with Gasteiger partial charge in [0, 0.05) is 9.13 Å². The molecule has 3 rings (SSSR count). The third-order valence-corrected chi connectivity index (χ3v) is 4.42. The molecule has 25 heavy (non-hydrogen) atoms. The smallest absolute Gasteiger partial charge is 0.255 e. The zero-order valence-corrected chi connectivity index (χ0v) is 15.4. The van der Waals surface area contributed by atoms with E-state index in [2.05, 4.69) is 27.9 Å². The van der Waals surface area contributed by atoms with Crippen molar-refractivity contribution in [1.82, 2.24) is 0 Å². The molecule has 3 N–H and O–H groups in total. The number of primary amides is 1. The molecule has 0 aromatic heterocycles. The zero-order valence-electron chi connectivity index (χ0n) is 13.2. The number of nitrogens with two attached hydrogens (primary N) is 1. The van der Waals surface area contributed by atoms with Crippen LogP contribution in [-0.4, -0.2) is 11.8 Å². The maximum absolute atomic E-state index is 12.5. The quantitative estimate of drug-likeness (QED) is 0.592. The molecular formula is C20H15IN2O2. The summed E-state index contributed by atoms with van der Waals surface area (Å²) in [4.78, 5) is 24.0. The maximum atomic E-state index is 12.5. The third-order valence-electron chi connectivity index (χ3n) is 3.75. The number of rotatable bonds is 4. The van der Waals surface area contributed by atoms with Crippen LogP contribution in [0.25, 0.3) is 11.1 Å². The van der Waals surface area contributed by atoms with Gasteiger partial charge in [-0.25, -0.2) is 0 Å². The van der Waals surface area contributed by atoms with Gasteiger partial charge in [-0.3, -0.25) is 9.59 Å². The van der Waals surface area contributed by atoms with Gasteiger partial charge in [-0.2, -0.15) is 0 Å². The van der Waals surface area contributed by atoms with Crippen molar-refractivity contribution in [2.75, 3.05) is 5.32 Å². The molecule has 0 saturated carbocycles. The van der Waals surface area contributed by atoms with Crippen LogP contribution >= 0.6 is 22.6 Å². The van der Waals surface area contributed by atoms with E-state index < -0.39 is 5.91 Å². The molecule has 0 unspecified atom stereocenters. The highest BCUT2D eigenvalue weighted by molar-refractivity contribution is 14.1. The second kappa shape index (κ2) is 7.48. The number of nitrogens with one attached hydrogen (secondary N) is 1. The summed E-state index contributed by atoms with van der Waals surface area (Å²) in [6.07, 6.45) is 0. The Balaban J connectivity index is 1.82. The summed E-state index contributed by atoms with van der Waals surface area (Å²) < 4.78 is 0.872. The van der Waals surface area contributed by atoms with E-state index in [4.69, 9.17) is 5.73 Å². The van der Waals surface area contributed by atoms with E-state index in [1.54, 1.807) is 30.3 Å². The van der Waals surface area contributed by atoms with Crippen LogP contribution in [0.5, 0.6) is 0 Å². The molecule has 0 fully saturated rings. The fourth-order valence-corrected chi connectivity index (χ4v) is 2.96. The Morgan fingerprint density at radius 1 is 0.840 bits per heavy atom. The van der Waals surface area contributed by atoms with Crippen LogP contribution in [0.15, 0.2) is 72.8 Å². The van der Waals surface area contributed by atoms with Gasteiger partial charge in [-0.15, -0.1) is 0 Å². The Morgan fingerprint density at radius 2 is 1.48 bits per heavy atom. The minimum Gasteiger partial charge on any atom is -0.366 e. The van der Waals surface area contributed by atoms with Crippen molar-refractivity contribution >= 4 is 40.1 Å². The van der Waals surface area contributed by atoms with Crippen LogP contribution in [-0.2, 0) is 0 Å². The molecule has 0 atom stereocenters. The lowest BCUT2D eigenvalue weighted by Crippen LogP contribution is -2.18. The van der Waals surface area contributed by atoms with Gasteiger partial charge < -0.3 is 11.1 Å². The van der Waals surface area contributed by atoms with Crippen LogP contribution in [0, 0.1) is 3.57 Å². The zero-order chi connectivity index (χ0) is 17.8. The molecule has 4 nitrogen and oxygen atoms in total. The molecule has 3 aromatic carbocycles. The van der Waals surface area contributed by atoms with Crippen molar-refractivity contribution in [1.29, 1.82) is 0 Å². The van der Waals surface area contributed by atoms with Crippen molar-refractivity contribution in [3.05, 3.63) is 87.5 Å². The average Bonchev–Trinajstić information content (AvgIpc) is 2.64. The molecule has 0 heterocycles. The SMILES string of the molecule is NC(=O)c1cc(I)ccc1NC(=O)c1ccc(-c2ccccc2)cc1. The standard InChI is InChI=1S/C20H15IN2O2/c21-16-10-11-18(17(12-16)19(22)24)23-20(25)15-8-6-14(7-9-15)13-4-2-1-3-5-13/h1-12H,(H2,22,24)(H,23,25). The second-order valence-corrected chi connectivity index (χ2v) is 6.70. The molecule has 0 radical (unpaired) electrons. The maximum Gasteiger partial charge on any atom is 0.255 e. The first-order valence-electron chi connectivity index (χ1n) is 7.61. The predicted octanol–water partition coefficient (Wildman–Crippen LogP) is 4.31. The summed E-state index contributed by atoms with van der Waals surface area (Å²) in [7, 11) is 0. The number of anilines is 1. The van der Waals surface area contributed by atoms with Gasteiger partial charge in [0.15, 0.2) is 0 Å². The Bertz CT molecular complexity index is 922. The molecule has 0 aliphatic rings. The lowest BCUT2D eigenvalue weighted by Gasteiger charge is -2.10. The topological polar surface area (TPSA) is 72.2 Å². The van der Waals surface area contributed by atoms with Crippen molar-refractivity contribution < 1.29 is 9.59 Å². The number of benzene rings is 3. The van der Waals surface area contributed by atoms with Crippen LogP contribution in [0.4, 0.5) is 5.69 Å². The number of halogens is 1. The van der Waals surface area contributed by atoms with Gasteiger partial charge in [0.1, 0.15) is 0 Å². The summed E-state index contributed by atoms with van der Waals surface area (Å²) in [5, 5.41) is 2.75. The molecule has 2 amide bonds. The van der Waals surface area contributed by atoms with Crippen molar-refractivity contribution in [2.24, 2.45) is 5.73 Å². The average molecular weight is 442 g/mol. The lowest BCUT2D eigenvalue weighted by molar-refractivity contribution is 0.100.